The number of fused-ring (bicyclic) bond motifs is 1. The topological polar surface area (TPSA) is 110 Å². The number of aryl methyl sites for hydroxylation is 1. The standard InChI is InChI=1S/C18H21FN2O4S/c1-11-6-15(9-16(7-11)26-18(24,25)17(20,22)23)21-5-4-12-8-14(19)3-2-13(12)10-21/h2-3,6-9,22-25H,4-5,10,20H2,1H3. The molecule has 0 bridgehead atoms. The van der Waals surface area contributed by atoms with E-state index in [9.17, 15) is 24.8 Å². The van der Waals surface area contributed by atoms with Crippen LogP contribution in [-0.2, 0) is 13.0 Å². The first kappa shape index (κ1) is 19.1. The molecule has 6 N–H and O–H groups in total. The van der Waals surface area contributed by atoms with Gasteiger partial charge in [-0.1, -0.05) is 17.8 Å². The lowest BCUT2D eigenvalue weighted by Gasteiger charge is -2.33. The molecule has 8 heteroatoms. The van der Waals surface area contributed by atoms with Crippen molar-refractivity contribution in [3.8, 4) is 0 Å². The third-order valence-corrected chi connectivity index (χ3v) is 5.38. The zero-order valence-corrected chi connectivity index (χ0v) is 15.0. The van der Waals surface area contributed by atoms with Gasteiger partial charge in [0.25, 0.3) is 11.0 Å². The Labute approximate surface area is 154 Å². The summed E-state index contributed by atoms with van der Waals surface area (Å²) in [4.78, 5) is 2.52. The first-order valence-electron chi connectivity index (χ1n) is 8.06. The quantitative estimate of drug-likeness (QED) is 0.398. The highest BCUT2D eigenvalue weighted by Gasteiger charge is 2.45. The Morgan fingerprint density at radius 1 is 1.08 bits per heavy atom. The highest BCUT2D eigenvalue weighted by atomic mass is 32.2. The van der Waals surface area contributed by atoms with Gasteiger partial charge in [0.15, 0.2) is 0 Å². The summed E-state index contributed by atoms with van der Waals surface area (Å²) in [6.45, 7) is 3.15. The minimum absolute atomic E-state index is 0.244. The normalized spacial score (nSPS) is 15.1. The van der Waals surface area contributed by atoms with Gasteiger partial charge in [0.05, 0.1) is 0 Å². The van der Waals surface area contributed by atoms with Gasteiger partial charge >= 0.3 is 0 Å². The molecule has 26 heavy (non-hydrogen) atoms. The zero-order valence-electron chi connectivity index (χ0n) is 14.2. The lowest BCUT2D eigenvalue weighted by molar-refractivity contribution is -0.306. The number of anilines is 1. The first-order valence-corrected chi connectivity index (χ1v) is 8.88. The van der Waals surface area contributed by atoms with Crippen LogP contribution in [0.5, 0.6) is 0 Å². The van der Waals surface area contributed by atoms with E-state index in [1.165, 1.54) is 6.07 Å². The number of halogens is 1. The predicted octanol–water partition coefficient (Wildman–Crippen LogP) is 1.02. The Morgan fingerprint density at radius 3 is 2.50 bits per heavy atom. The molecule has 0 unspecified atom stereocenters. The van der Waals surface area contributed by atoms with Gasteiger partial charge in [0.2, 0.25) is 0 Å². The minimum atomic E-state index is -3.17. The summed E-state index contributed by atoms with van der Waals surface area (Å²) in [7, 11) is 0. The van der Waals surface area contributed by atoms with Crippen LogP contribution in [0.4, 0.5) is 10.1 Å². The molecule has 140 valence electrons. The van der Waals surface area contributed by atoms with Crippen LogP contribution in [0.3, 0.4) is 0 Å². The second-order valence-corrected chi connectivity index (χ2v) is 7.77. The highest BCUT2D eigenvalue weighted by Crippen LogP contribution is 2.37. The lowest BCUT2D eigenvalue weighted by atomic mass is 9.99. The van der Waals surface area contributed by atoms with E-state index >= 15 is 0 Å². The fraction of sp³-hybridized carbons (Fsp3) is 0.333. The van der Waals surface area contributed by atoms with Gasteiger partial charge < -0.3 is 25.3 Å². The number of benzene rings is 2. The van der Waals surface area contributed by atoms with Crippen LogP contribution in [0.25, 0.3) is 0 Å². The van der Waals surface area contributed by atoms with Crippen LogP contribution < -0.4 is 10.6 Å². The Morgan fingerprint density at radius 2 is 1.81 bits per heavy atom. The Bertz CT molecular complexity index is 823. The van der Waals surface area contributed by atoms with Crippen molar-refractivity contribution >= 4 is 17.4 Å². The zero-order chi connectivity index (χ0) is 19.1. The molecule has 0 aliphatic carbocycles. The molecule has 1 heterocycles. The molecule has 2 aromatic rings. The summed E-state index contributed by atoms with van der Waals surface area (Å²) in [6.07, 6.45) is 0.701. The van der Waals surface area contributed by atoms with E-state index in [4.69, 9.17) is 5.73 Å². The van der Waals surface area contributed by atoms with Gasteiger partial charge in [0, 0.05) is 23.7 Å². The highest BCUT2D eigenvalue weighted by molar-refractivity contribution is 8.00. The third-order valence-electron chi connectivity index (χ3n) is 4.32. The average molecular weight is 380 g/mol. The number of rotatable bonds is 4. The summed E-state index contributed by atoms with van der Waals surface area (Å²) < 4.78 is 13.4. The molecule has 1 aliphatic heterocycles. The molecule has 2 aromatic carbocycles. The van der Waals surface area contributed by atoms with E-state index < -0.39 is 11.0 Å². The molecule has 0 fully saturated rings. The van der Waals surface area contributed by atoms with Crippen molar-refractivity contribution in [2.75, 3.05) is 11.4 Å². The van der Waals surface area contributed by atoms with Gasteiger partial charge in [-0.15, -0.1) is 0 Å². The van der Waals surface area contributed by atoms with Crippen molar-refractivity contribution in [1.82, 2.24) is 0 Å². The molecular weight excluding hydrogens is 359 g/mol. The number of aliphatic hydroxyl groups is 4. The van der Waals surface area contributed by atoms with Crippen molar-refractivity contribution in [1.29, 1.82) is 0 Å². The predicted molar refractivity (Wildman–Crippen MR) is 96.7 cm³/mol. The summed E-state index contributed by atoms with van der Waals surface area (Å²) >= 11 is 0.443. The van der Waals surface area contributed by atoms with Crippen LogP contribution in [0.2, 0.25) is 0 Å². The number of hydrogen-bond acceptors (Lipinski definition) is 7. The Balaban J connectivity index is 1.86. The molecule has 0 atom stereocenters. The lowest BCUT2D eigenvalue weighted by Crippen LogP contribution is -2.58. The number of nitrogens with two attached hydrogens (primary N) is 1. The molecule has 0 spiro atoms. The summed E-state index contributed by atoms with van der Waals surface area (Å²) in [6, 6.07) is 10.1. The van der Waals surface area contributed by atoms with Crippen molar-refractivity contribution < 1.29 is 24.8 Å². The maximum Gasteiger partial charge on any atom is 0.289 e. The molecular formula is C18H21FN2O4S. The number of hydrogen-bond donors (Lipinski definition) is 5. The van der Waals surface area contributed by atoms with E-state index in [0.717, 1.165) is 22.4 Å². The average Bonchev–Trinajstić information content (AvgIpc) is 2.52. The first-order chi connectivity index (χ1) is 12.0. The van der Waals surface area contributed by atoms with Crippen LogP contribution in [0, 0.1) is 12.7 Å². The molecule has 0 saturated carbocycles. The molecule has 0 aromatic heterocycles. The van der Waals surface area contributed by atoms with E-state index in [1.54, 1.807) is 24.3 Å². The monoisotopic (exact) mass is 380 g/mol. The number of thioether (sulfide) groups is 1. The Kier molecular flexibility index (Phi) is 5.00. The van der Waals surface area contributed by atoms with E-state index in [0.29, 0.717) is 36.2 Å². The van der Waals surface area contributed by atoms with Gasteiger partial charge in [0.1, 0.15) is 5.82 Å². The van der Waals surface area contributed by atoms with Crippen LogP contribution in [-0.4, -0.2) is 38.0 Å². The smallest absolute Gasteiger partial charge is 0.289 e. The fourth-order valence-electron chi connectivity index (χ4n) is 2.95. The van der Waals surface area contributed by atoms with E-state index in [2.05, 4.69) is 4.90 Å². The maximum absolute atomic E-state index is 13.4. The molecule has 6 nitrogen and oxygen atoms in total. The summed E-state index contributed by atoms with van der Waals surface area (Å²) in [5, 5.41) is 35.2. The molecule has 0 saturated heterocycles. The van der Waals surface area contributed by atoms with Crippen molar-refractivity contribution in [2.24, 2.45) is 5.73 Å². The maximum atomic E-state index is 13.4. The molecule has 3 rings (SSSR count). The summed E-state index contributed by atoms with van der Waals surface area (Å²) in [5.74, 6) is -3.41. The third kappa shape index (κ3) is 4.01. The van der Waals surface area contributed by atoms with Crippen LogP contribution in [0.15, 0.2) is 41.3 Å². The van der Waals surface area contributed by atoms with Gasteiger partial charge in [-0.05, 0) is 60.4 Å². The number of nitrogens with zero attached hydrogens (tertiary/aromatic N) is 1. The van der Waals surface area contributed by atoms with Gasteiger partial charge in [-0.2, -0.15) is 0 Å². The summed E-state index contributed by atoms with van der Waals surface area (Å²) in [5.41, 5.74) is 8.73. The van der Waals surface area contributed by atoms with E-state index in [1.807, 2.05) is 13.0 Å². The van der Waals surface area contributed by atoms with Crippen molar-refractivity contribution in [3.05, 3.63) is 58.9 Å². The molecule has 0 radical (unpaired) electrons. The van der Waals surface area contributed by atoms with Crippen LogP contribution in [0.1, 0.15) is 16.7 Å². The SMILES string of the molecule is Cc1cc(SC(O)(O)C(N)(O)O)cc(N2CCc3cc(F)ccc3C2)c1. The van der Waals surface area contributed by atoms with Gasteiger partial charge in [-0.25, -0.2) is 4.39 Å². The van der Waals surface area contributed by atoms with Crippen molar-refractivity contribution in [2.45, 2.75) is 35.8 Å². The largest absolute Gasteiger partial charge is 0.367 e. The Hall–Kier alpha value is -1.68. The minimum Gasteiger partial charge on any atom is -0.367 e. The fourth-order valence-corrected chi connectivity index (χ4v) is 3.85. The molecule has 0 amide bonds. The van der Waals surface area contributed by atoms with Crippen molar-refractivity contribution in [3.63, 3.8) is 0 Å². The second-order valence-electron chi connectivity index (χ2n) is 6.53. The van der Waals surface area contributed by atoms with E-state index in [-0.39, 0.29) is 5.82 Å². The molecule has 1 aliphatic rings. The van der Waals surface area contributed by atoms with Gasteiger partial charge in [-0.3, -0.25) is 5.73 Å². The second kappa shape index (κ2) is 6.80. The van der Waals surface area contributed by atoms with Crippen LogP contribution >= 0.6 is 11.8 Å².